The van der Waals surface area contributed by atoms with Gasteiger partial charge in [0.05, 0.1) is 4.90 Å². The molecule has 0 amide bonds. The number of hydrogen-bond acceptors (Lipinski definition) is 3. The predicted octanol–water partition coefficient (Wildman–Crippen LogP) is 3.22. The molecule has 5 heteroatoms. The van der Waals surface area contributed by atoms with Crippen LogP contribution < -0.4 is 10.5 Å². The Morgan fingerprint density at radius 1 is 0.810 bits per heavy atom. The van der Waals surface area contributed by atoms with Gasteiger partial charge in [-0.2, -0.15) is 0 Å². The van der Waals surface area contributed by atoms with Crippen molar-refractivity contribution >= 4 is 32.2 Å². The van der Waals surface area contributed by atoms with Crippen LogP contribution in [0.3, 0.4) is 0 Å². The van der Waals surface area contributed by atoms with Crippen molar-refractivity contribution in [2.75, 3.05) is 10.5 Å². The first-order valence-corrected chi connectivity index (χ1v) is 7.90. The van der Waals surface area contributed by atoms with Gasteiger partial charge in [-0.25, -0.2) is 8.42 Å². The molecule has 0 unspecified atom stereocenters. The molecule has 21 heavy (non-hydrogen) atoms. The summed E-state index contributed by atoms with van der Waals surface area (Å²) in [5.41, 5.74) is 6.57. The predicted molar refractivity (Wildman–Crippen MR) is 85.6 cm³/mol. The number of anilines is 2. The van der Waals surface area contributed by atoms with Crippen LogP contribution in [0.4, 0.5) is 11.4 Å². The van der Waals surface area contributed by atoms with Gasteiger partial charge in [0.2, 0.25) is 0 Å². The van der Waals surface area contributed by atoms with Crippen molar-refractivity contribution in [3.8, 4) is 0 Å². The summed E-state index contributed by atoms with van der Waals surface area (Å²) in [5.74, 6) is 0. The maximum Gasteiger partial charge on any atom is 0.261 e. The van der Waals surface area contributed by atoms with Gasteiger partial charge in [0.25, 0.3) is 10.0 Å². The number of sulfonamides is 1. The zero-order chi connectivity index (χ0) is 14.9. The minimum Gasteiger partial charge on any atom is -0.399 e. The van der Waals surface area contributed by atoms with Crippen molar-refractivity contribution in [3.05, 3.63) is 66.7 Å². The first-order valence-electron chi connectivity index (χ1n) is 6.42. The number of nitrogen functional groups attached to an aromatic ring is 1. The van der Waals surface area contributed by atoms with Gasteiger partial charge in [-0.15, -0.1) is 0 Å². The highest BCUT2D eigenvalue weighted by Crippen LogP contribution is 2.22. The lowest BCUT2D eigenvalue weighted by Crippen LogP contribution is -2.13. The summed E-state index contributed by atoms with van der Waals surface area (Å²) in [6, 6.07) is 19.4. The summed E-state index contributed by atoms with van der Waals surface area (Å²) in [5, 5.41) is 2.04. The van der Waals surface area contributed by atoms with Crippen LogP contribution in [0.2, 0.25) is 0 Å². The Bertz CT molecular complexity index is 905. The molecule has 0 aliphatic rings. The van der Waals surface area contributed by atoms with Crippen LogP contribution in [0.1, 0.15) is 0 Å². The van der Waals surface area contributed by atoms with Gasteiger partial charge in [0.15, 0.2) is 0 Å². The molecule has 0 heterocycles. The maximum absolute atomic E-state index is 12.3. The summed E-state index contributed by atoms with van der Waals surface area (Å²) in [7, 11) is -3.63. The Morgan fingerprint density at radius 2 is 1.57 bits per heavy atom. The van der Waals surface area contributed by atoms with Crippen molar-refractivity contribution in [2.45, 2.75) is 4.90 Å². The van der Waals surface area contributed by atoms with E-state index in [4.69, 9.17) is 5.73 Å². The number of nitrogens with two attached hydrogens (primary N) is 1. The Labute approximate surface area is 123 Å². The second kappa shape index (κ2) is 5.10. The van der Waals surface area contributed by atoms with E-state index >= 15 is 0 Å². The average molecular weight is 298 g/mol. The molecule has 3 N–H and O–H groups in total. The Kier molecular flexibility index (Phi) is 3.27. The fraction of sp³-hybridized carbons (Fsp3) is 0. The highest BCUT2D eigenvalue weighted by molar-refractivity contribution is 7.92. The molecule has 0 aromatic heterocycles. The lowest BCUT2D eigenvalue weighted by atomic mass is 10.1. The van der Waals surface area contributed by atoms with Crippen LogP contribution in [-0.2, 0) is 10.0 Å². The summed E-state index contributed by atoms with van der Waals surface area (Å²) in [4.78, 5) is 0.149. The molecule has 0 fully saturated rings. The van der Waals surface area contributed by atoms with Crippen LogP contribution in [0.5, 0.6) is 0 Å². The Balaban J connectivity index is 1.97. The van der Waals surface area contributed by atoms with E-state index < -0.39 is 10.0 Å². The SMILES string of the molecule is Nc1cccc(S(=O)(=O)Nc2ccc3ccccc3c2)c1. The quantitative estimate of drug-likeness (QED) is 0.729. The summed E-state index contributed by atoms with van der Waals surface area (Å²) in [6.07, 6.45) is 0. The van der Waals surface area contributed by atoms with E-state index in [0.29, 0.717) is 11.4 Å². The van der Waals surface area contributed by atoms with Gasteiger partial charge in [-0.1, -0.05) is 36.4 Å². The van der Waals surface area contributed by atoms with E-state index in [0.717, 1.165) is 10.8 Å². The molecule has 3 aromatic carbocycles. The maximum atomic E-state index is 12.3. The normalized spacial score (nSPS) is 11.4. The molecule has 106 valence electrons. The monoisotopic (exact) mass is 298 g/mol. The second-order valence-corrected chi connectivity index (χ2v) is 6.42. The van der Waals surface area contributed by atoms with Crippen LogP contribution in [0, 0.1) is 0 Å². The van der Waals surface area contributed by atoms with E-state index in [-0.39, 0.29) is 4.90 Å². The topological polar surface area (TPSA) is 72.2 Å². The molecule has 3 rings (SSSR count). The highest BCUT2D eigenvalue weighted by Gasteiger charge is 2.14. The molecular weight excluding hydrogens is 284 g/mol. The smallest absolute Gasteiger partial charge is 0.261 e. The first-order chi connectivity index (χ1) is 10.0. The van der Waals surface area contributed by atoms with Gasteiger partial charge < -0.3 is 5.73 Å². The third-order valence-corrected chi connectivity index (χ3v) is 4.55. The molecule has 0 saturated heterocycles. The molecule has 0 spiro atoms. The van der Waals surface area contributed by atoms with Crippen molar-refractivity contribution < 1.29 is 8.42 Å². The average Bonchev–Trinajstić information content (AvgIpc) is 2.47. The molecule has 0 atom stereocenters. The minimum atomic E-state index is -3.63. The van der Waals surface area contributed by atoms with Gasteiger partial charge in [-0.05, 0) is 41.1 Å². The fourth-order valence-electron chi connectivity index (χ4n) is 2.15. The van der Waals surface area contributed by atoms with Crippen molar-refractivity contribution in [1.29, 1.82) is 0 Å². The lowest BCUT2D eigenvalue weighted by Gasteiger charge is -2.09. The Morgan fingerprint density at radius 3 is 2.33 bits per heavy atom. The highest BCUT2D eigenvalue weighted by atomic mass is 32.2. The van der Waals surface area contributed by atoms with Crippen LogP contribution >= 0.6 is 0 Å². The standard InChI is InChI=1S/C16H14N2O2S/c17-14-6-3-7-16(11-14)21(19,20)18-15-9-8-12-4-1-2-5-13(12)10-15/h1-11,18H,17H2. The van der Waals surface area contributed by atoms with Crippen molar-refractivity contribution in [1.82, 2.24) is 0 Å². The van der Waals surface area contributed by atoms with E-state index in [1.807, 2.05) is 30.3 Å². The molecule has 3 aromatic rings. The summed E-state index contributed by atoms with van der Waals surface area (Å²) >= 11 is 0. The van der Waals surface area contributed by atoms with Gasteiger partial charge >= 0.3 is 0 Å². The number of fused-ring (bicyclic) bond motifs is 1. The first kappa shape index (κ1) is 13.5. The third-order valence-electron chi connectivity index (χ3n) is 3.17. The molecule has 0 aliphatic heterocycles. The fourth-order valence-corrected chi connectivity index (χ4v) is 3.25. The van der Waals surface area contributed by atoms with E-state index in [9.17, 15) is 8.42 Å². The molecule has 0 radical (unpaired) electrons. The van der Waals surface area contributed by atoms with Gasteiger partial charge in [-0.3, -0.25) is 4.72 Å². The zero-order valence-electron chi connectivity index (χ0n) is 11.2. The second-order valence-electron chi connectivity index (χ2n) is 4.74. The number of rotatable bonds is 3. The number of hydrogen-bond donors (Lipinski definition) is 2. The lowest BCUT2D eigenvalue weighted by molar-refractivity contribution is 0.601. The zero-order valence-corrected chi connectivity index (χ0v) is 12.0. The third kappa shape index (κ3) is 2.83. The molecule has 4 nitrogen and oxygen atoms in total. The van der Waals surface area contributed by atoms with Gasteiger partial charge in [0.1, 0.15) is 0 Å². The molecule has 0 saturated carbocycles. The summed E-state index contributed by atoms with van der Waals surface area (Å²) < 4.78 is 27.2. The van der Waals surface area contributed by atoms with E-state index in [1.165, 1.54) is 12.1 Å². The number of nitrogens with one attached hydrogen (secondary N) is 1. The van der Waals surface area contributed by atoms with Crippen LogP contribution in [0.15, 0.2) is 71.6 Å². The largest absolute Gasteiger partial charge is 0.399 e. The minimum absolute atomic E-state index is 0.149. The molecular formula is C16H14N2O2S. The number of benzene rings is 3. The van der Waals surface area contributed by atoms with Crippen LogP contribution in [0.25, 0.3) is 10.8 Å². The summed E-state index contributed by atoms with van der Waals surface area (Å²) in [6.45, 7) is 0. The van der Waals surface area contributed by atoms with Gasteiger partial charge in [0, 0.05) is 11.4 Å². The van der Waals surface area contributed by atoms with E-state index in [2.05, 4.69) is 4.72 Å². The Hall–Kier alpha value is -2.53. The molecule has 0 bridgehead atoms. The molecule has 0 aliphatic carbocycles. The van der Waals surface area contributed by atoms with Crippen molar-refractivity contribution in [3.63, 3.8) is 0 Å². The van der Waals surface area contributed by atoms with Crippen molar-refractivity contribution in [2.24, 2.45) is 0 Å². The van der Waals surface area contributed by atoms with E-state index in [1.54, 1.807) is 24.3 Å². The van der Waals surface area contributed by atoms with Crippen LogP contribution in [-0.4, -0.2) is 8.42 Å².